The molecule has 0 aromatic heterocycles. The van der Waals surface area contributed by atoms with Crippen LogP contribution in [0.3, 0.4) is 0 Å². The van der Waals surface area contributed by atoms with E-state index in [0.717, 1.165) is 19.3 Å². The number of ketones is 1. The fourth-order valence-corrected chi connectivity index (χ4v) is 3.15. The maximum atomic E-state index is 12.2. The number of ether oxygens (including phenoxy) is 1. The Hall–Kier alpha value is -1.16. The summed E-state index contributed by atoms with van der Waals surface area (Å²) in [6.45, 7) is 7.86. The molecule has 1 heterocycles. The van der Waals surface area contributed by atoms with Gasteiger partial charge in [0.05, 0.1) is 6.54 Å². The van der Waals surface area contributed by atoms with Gasteiger partial charge in [0.1, 0.15) is 11.4 Å². The monoisotopic (exact) mass is 293 g/mol. The molecule has 0 bridgehead atoms. The zero-order chi connectivity index (χ0) is 15.5. The largest absolute Gasteiger partial charge is 0.458 e. The molecule has 0 N–H and O–H groups in total. The third kappa shape index (κ3) is 4.67. The fraction of sp³-hybridized carbons (Fsp3) is 0.765. The maximum absolute atomic E-state index is 12.2. The van der Waals surface area contributed by atoms with Gasteiger partial charge in [0.2, 0.25) is 0 Å². The third-order valence-electron chi connectivity index (χ3n) is 4.76. The van der Waals surface area contributed by atoms with Crippen LogP contribution in [-0.2, 0) is 14.3 Å². The SMILES string of the molecule is CC1=CCC(C(C)(C)OC(=O)CN2CCC(=O)CC2)CC1. The van der Waals surface area contributed by atoms with Gasteiger partial charge in [0.25, 0.3) is 0 Å². The Morgan fingerprint density at radius 2 is 2.00 bits per heavy atom. The van der Waals surface area contributed by atoms with Crippen LogP contribution >= 0.6 is 0 Å². The van der Waals surface area contributed by atoms with Crippen molar-refractivity contribution in [1.29, 1.82) is 0 Å². The van der Waals surface area contributed by atoms with E-state index in [0.29, 0.717) is 44.2 Å². The lowest BCUT2D eigenvalue weighted by Gasteiger charge is -2.36. The highest BCUT2D eigenvalue weighted by Gasteiger charge is 2.34. The molecule has 0 amide bonds. The Kier molecular flexibility index (Phi) is 5.20. The minimum atomic E-state index is -0.417. The van der Waals surface area contributed by atoms with E-state index in [1.807, 2.05) is 18.7 Å². The topological polar surface area (TPSA) is 46.6 Å². The average molecular weight is 293 g/mol. The summed E-state index contributed by atoms with van der Waals surface area (Å²) in [5.41, 5.74) is 1.02. The van der Waals surface area contributed by atoms with Crippen molar-refractivity contribution < 1.29 is 14.3 Å². The first kappa shape index (κ1) is 16.2. The van der Waals surface area contributed by atoms with Crippen LogP contribution in [0.2, 0.25) is 0 Å². The Labute approximate surface area is 127 Å². The molecule has 118 valence electrons. The molecule has 1 atom stereocenters. The summed E-state index contributed by atoms with van der Waals surface area (Å²) < 4.78 is 5.75. The lowest BCUT2D eigenvalue weighted by Crippen LogP contribution is -2.43. The van der Waals surface area contributed by atoms with Crippen molar-refractivity contribution in [2.24, 2.45) is 5.92 Å². The highest BCUT2D eigenvalue weighted by molar-refractivity contribution is 5.80. The Bertz CT molecular complexity index is 429. The fourth-order valence-electron chi connectivity index (χ4n) is 3.15. The molecule has 21 heavy (non-hydrogen) atoms. The first-order valence-electron chi connectivity index (χ1n) is 7.98. The minimum absolute atomic E-state index is 0.166. The molecule has 0 aromatic rings. The van der Waals surface area contributed by atoms with Gasteiger partial charge in [-0.05, 0) is 40.0 Å². The molecule has 1 aliphatic heterocycles. The van der Waals surface area contributed by atoms with E-state index in [4.69, 9.17) is 4.74 Å². The summed E-state index contributed by atoms with van der Waals surface area (Å²) in [6.07, 6.45) is 6.55. The summed E-state index contributed by atoms with van der Waals surface area (Å²) in [7, 11) is 0. The zero-order valence-corrected chi connectivity index (χ0v) is 13.5. The number of Topliss-reactive ketones (excluding diaryl/α,β-unsaturated/α-hetero) is 1. The normalized spacial score (nSPS) is 24.6. The first-order chi connectivity index (χ1) is 9.87. The van der Waals surface area contributed by atoms with Gasteiger partial charge >= 0.3 is 5.97 Å². The lowest BCUT2D eigenvalue weighted by molar-refractivity contribution is -0.164. The number of allylic oxidation sites excluding steroid dienone is 2. The van der Waals surface area contributed by atoms with Crippen LogP contribution in [0.5, 0.6) is 0 Å². The Morgan fingerprint density at radius 3 is 2.57 bits per heavy atom. The number of piperidine rings is 1. The van der Waals surface area contributed by atoms with Crippen molar-refractivity contribution in [3.63, 3.8) is 0 Å². The number of esters is 1. The second-order valence-corrected chi connectivity index (χ2v) is 6.91. The molecule has 1 aliphatic carbocycles. The second-order valence-electron chi connectivity index (χ2n) is 6.91. The molecule has 1 unspecified atom stereocenters. The summed E-state index contributed by atoms with van der Waals surface area (Å²) in [4.78, 5) is 25.4. The summed E-state index contributed by atoms with van der Waals surface area (Å²) in [6, 6.07) is 0. The van der Waals surface area contributed by atoms with Crippen LogP contribution in [0, 0.1) is 5.92 Å². The molecular formula is C17H27NO3. The van der Waals surface area contributed by atoms with Crippen molar-refractivity contribution in [1.82, 2.24) is 4.90 Å². The summed E-state index contributed by atoms with van der Waals surface area (Å²) >= 11 is 0. The van der Waals surface area contributed by atoms with Gasteiger partial charge in [-0.25, -0.2) is 0 Å². The number of hydrogen-bond donors (Lipinski definition) is 0. The molecule has 4 heteroatoms. The zero-order valence-electron chi connectivity index (χ0n) is 13.5. The van der Waals surface area contributed by atoms with E-state index in [9.17, 15) is 9.59 Å². The molecule has 1 fully saturated rings. The molecule has 0 saturated carbocycles. The predicted octanol–water partition coefficient (Wildman–Crippen LogP) is 2.72. The smallest absolute Gasteiger partial charge is 0.320 e. The number of hydrogen-bond acceptors (Lipinski definition) is 4. The number of carbonyl (C=O) groups is 2. The van der Waals surface area contributed by atoms with Crippen molar-refractivity contribution >= 4 is 11.8 Å². The Morgan fingerprint density at radius 1 is 1.33 bits per heavy atom. The van der Waals surface area contributed by atoms with Crippen molar-refractivity contribution in [3.05, 3.63) is 11.6 Å². The van der Waals surface area contributed by atoms with E-state index >= 15 is 0 Å². The van der Waals surface area contributed by atoms with Crippen LogP contribution in [0.15, 0.2) is 11.6 Å². The molecule has 4 nitrogen and oxygen atoms in total. The van der Waals surface area contributed by atoms with Crippen molar-refractivity contribution in [2.45, 2.75) is 58.5 Å². The van der Waals surface area contributed by atoms with Crippen LogP contribution in [0.25, 0.3) is 0 Å². The van der Waals surface area contributed by atoms with E-state index in [1.54, 1.807) is 0 Å². The standard InChI is InChI=1S/C17H27NO3/c1-13-4-6-14(7-5-13)17(2,3)21-16(20)12-18-10-8-15(19)9-11-18/h4,14H,5-12H2,1-3H3. The second kappa shape index (κ2) is 6.73. The predicted molar refractivity (Wildman–Crippen MR) is 82.0 cm³/mol. The lowest BCUT2D eigenvalue weighted by atomic mass is 9.79. The molecule has 0 radical (unpaired) electrons. The van der Waals surface area contributed by atoms with Gasteiger partial charge in [0, 0.05) is 31.8 Å². The van der Waals surface area contributed by atoms with Gasteiger partial charge in [-0.15, -0.1) is 0 Å². The van der Waals surface area contributed by atoms with Crippen LogP contribution in [0.1, 0.15) is 52.9 Å². The number of likely N-dealkylation sites (tertiary alicyclic amines) is 1. The molecule has 0 spiro atoms. The van der Waals surface area contributed by atoms with E-state index in [1.165, 1.54) is 5.57 Å². The molecule has 0 aromatic carbocycles. The van der Waals surface area contributed by atoms with Crippen molar-refractivity contribution in [3.8, 4) is 0 Å². The van der Waals surface area contributed by atoms with E-state index < -0.39 is 5.60 Å². The third-order valence-corrected chi connectivity index (χ3v) is 4.76. The van der Waals surface area contributed by atoms with Crippen LogP contribution in [-0.4, -0.2) is 41.9 Å². The highest BCUT2D eigenvalue weighted by Crippen LogP contribution is 2.34. The Balaban J connectivity index is 1.82. The molecular weight excluding hydrogens is 266 g/mol. The first-order valence-corrected chi connectivity index (χ1v) is 7.98. The van der Waals surface area contributed by atoms with Gasteiger partial charge in [-0.1, -0.05) is 11.6 Å². The van der Waals surface area contributed by atoms with Crippen LogP contribution in [0.4, 0.5) is 0 Å². The highest BCUT2D eigenvalue weighted by atomic mass is 16.6. The van der Waals surface area contributed by atoms with E-state index in [-0.39, 0.29) is 5.97 Å². The number of nitrogens with zero attached hydrogens (tertiary/aromatic N) is 1. The number of carbonyl (C=O) groups excluding carboxylic acids is 2. The molecule has 2 rings (SSSR count). The molecule has 1 saturated heterocycles. The maximum Gasteiger partial charge on any atom is 0.320 e. The number of rotatable bonds is 4. The van der Waals surface area contributed by atoms with Gasteiger partial charge in [-0.3, -0.25) is 14.5 Å². The van der Waals surface area contributed by atoms with Crippen molar-refractivity contribution in [2.75, 3.05) is 19.6 Å². The van der Waals surface area contributed by atoms with E-state index in [2.05, 4.69) is 13.0 Å². The summed E-state index contributed by atoms with van der Waals surface area (Å²) in [5.74, 6) is 0.526. The summed E-state index contributed by atoms with van der Waals surface area (Å²) in [5, 5.41) is 0. The van der Waals surface area contributed by atoms with Crippen LogP contribution < -0.4 is 0 Å². The minimum Gasteiger partial charge on any atom is -0.458 e. The quantitative estimate of drug-likeness (QED) is 0.590. The van der Waals surface area contributed by atoms with Gasteiger partial charge in [0.15, 0.2) is 0 Å². The average Bonchev–Trinajstić information content (AvgIpc) is 2.41. The molecule has 2 aliphatic rings. The van der Waals surface area contributed by atoms with Gasteiger partial charge < -0.3 is 4.74 Å². The van der Waals surface area contributed by atoms with Gasteiger partial charge in [-0.2, -0.15) is 0 Å².